The summed E-state index contributed by atoms with van der Waals surface area (Å²) < 4.78 is 16.1. The molecule has 2 aromatic rings. The summed E-state index contributed by atoms with van der Waals surface area (Å²) in [6, 6.07) is 11.5. The van der Waals surface area contributed by atoms with Gasteiger partial charge in [0.05, 0.1) is 6.61 Å². The summed E-state index contributed by atoms with van der Waals surface area (Å²) in [5, 5.41) is 3.04. The minimum Gasteiger partial charge on any atom is -0.493 e. The zero-order valence-electron chi connectivity index (χ0n) is 13.5. The molecule has 5 heteroatoms. The molecular formula is C19H19NO4. The standard InChI is InChI=1S/C19H19NO4/c1-12(8-13-2-4-16-14(9-13)6-7-22-16)20-19(21)15-3-5-17-18(10-15)24-11-23-17/h2-5,9-10,12H,6-8,11H2,1H3,(H,20,21)/t12-/m0/s1. The highest BCUT2D eigenvalue weighted by atomic mass is 16.7. The van der Waals surface area contributed by atoms with Crippen LogP contribution in [0.1, 0.15) is 28.4 Å². The Bertz CT molecular complexity index is 787. The topological polar surface area (TPSA) is 56.8 Å². The first-order valence-corrected chi connectivity index (χ1v) is 8.14. The van der Waals surface area contributed by atoms with E-state index in [9.17, 15) is 4.79 Å². The normalized spacial score (nSPS) is 15.5. The molecule has 2 aromatic carbocycles. The zero-order valence-corrected chi connectivity index (χ0v) is 13.5. The number of nitrogens with one attached hydrogen (secondary N) is 1. The molecule has 0 fully saturated rings. The van der Waals surface area contributed by atoms with E-state index in [1.54, 1.807) is 18.2 Å². The summed E-state index contributed by atoms with van der Waals surface area (Å²) in [6.07, 6.45) is 1.74. The smallest absolute Gasteiger partial charge is 0.251 e. The van der Waals surface area contributed by atoms with Crippen molar-refractivity contribution in [1.82, 2.24) is 5.32 Å². The highest BCUT2D eigenvalue weighted by Gasteiger charge is 2.18. The number of fused-ring (bicyclic) bond motifs is 2. The van der Waals surface area contributed by atoms with Crippen molar-refractivity contribution in [1.29, 1.82) is 0 Å². The van der Waals surface area contributed by atoms with Crippen LogP contribution in [0.2, 0.25) is 0 Å². The molecule has 5 nitrogen and oxygen atoms in total. The molecule has 0 spiro atoms. The second-order valence-electron chi connectivity index (χ2n) is 6.19. The Labute approximate surface area is 140 Å². The average molecular weight is 325 g/mol. The van der Waals surface area contributed by atoms with Crippen molar-refractivity contribution < 1.29 is 19.0 Å². The van der Waals surface area contributed by atoms with E-state index in [1.165, 1.54) is 11.1 Å². The molecule has 4 rings (SSSR count). The Morgan fingerprint density at radius 1 is 1.08 bits per heavy atom. The Balaban J connectivity index is 1.40. The van der Waals surface area contributed by atoms with Gasteiger partial charge >= 0.3 is 0 Å². The number of hydrogen-bond acceptors (Lipinski definition) is 4. The summed E-state index contributed by atoms with van der Waals surface area (Å²) in [4.78, 5) is 12.4. The van der Waals surface area contributed by atoms with Crippen LogP contribution in [0.15, 0.2) is 36.4 Å². The fraction of sp³-hybridized carbons (Fsp3) is 0.316. The molecule has 0 saturated heterocycles. The van der Waals surface area contributed by atoms with E-state index in [4.69, 9.17) is 14.2 Å². The van der Waals surface area contributed by atoms with Crippen LogP contribution in [0.5, 0.6) is 17.2 Å². The van der Waals surface area contributed by atoms with Crippen molar-refractivity contribution in [3.05, 3.63) is 53.1 Å². The molecule has 2 heterocycles. The SMILES string of the molecule is C[C@@H](Cc1ccc2c(c1)CCO2)NC(=O)c1ccc2c(c1)OCO2. The summed E-state index contributed by atoms with van der Waals surface area (Å²) in [5.41, 5.74) is 3.04. The molecule has 0 bridgehead atoms. The number of benzene rings is 2. The van der Waals surface area contributed by atoms with Gasteiger partial charge in [-0.1, -0.05) is 12.1 Å². The van der Waals surface area contributed by atoms with Crippen LogP contribution in [-0.4, -0.2) is 25.3 Å². The monoisotopic (exact) mass is 325 g/mol. The Morgan fingerprint density at radius 3 is 2.83 bits per heavy atom. The quantitative estimate of drug-likeness (QED) is 0.939. The number of ether oxygens (including phenoxy) is 3. The summed E-state index contributed by atoms with van der Waals surface area (Å²) in [6.45, 7) is 2.97. The zero-order chi connectivity index (χ0) is 16.5. The van der Waals surface area contributed by atoms with E-state index in [-0.39, 0.29) is 18.7 Å². The minimum atomic E-state index is -0.106. The average Bonchev–Trinajstić information content (AvgIpc) is 3.22. The van der Waals surface area contributed by atoms with Gasteiger partial charge in [-0.2, -0.15) is 0 Å². The van der Waals surface area contributed by atoms with Gasteiger partial charge in [0, 0.05) is 18.0 Å². The highest BCUT2D eigenvalue weighted by molar-refractivity contribution is 5.95. The highest BCUT2D eigenvalue weighted by Crippen LogP contribution is 2.32. The lowest BCUT2D eigenvalue weighted by atomic mass is 10.0. The van der Waals surface area contributed by atoms with Crippen LogP contribution in [0.3, 0.4) is 0 Å². The van der Waals surface area contributed by atoms with Gasteiger partial charge in [0.25, 0.3) is 5.91 Å². The maximum absolute atomic E-state index is 12.4. The molecule has 0 saturated carbocycles. The third-order valence-electron chi connectivity index (χ3n) is 4.31. The van der Waals surface area contributed by atoms with Gasteiger partial charge in [-0.05, 0) is 48.7 Å². The molecule has 124 valence electrons. The van der Waals surface area contributed by atoms with Crippen molar-refractivity contribution in [3.63, 3.8) is 0 Å². The molecular weight excluding hydrogens is 306 g/mol. The van der Waals surface area contributed by atoms with E-state index in [2.05, 4.69) is 17.4 Å². The van der Waals surface area contributed by atoms with Gasteiger partial charge < -0.3 is 19.5 Å². The first-order valence-electron chi connectivity index (χ1n) is 8.14. The largest absolute Gasteiger partial charge is 0.493 e. The maximum Gasteiger partial charge on any atom is 0.251 e. The number of carbonyl (C=O) groups excluding carboxylic acids is 1. The third kappa shape index (κ3) is 2.89. The van der Waals surface area contributed by atoms with Gasteiger partial charge in [-0.25, -0.2) is 0 Å². The van der Waals surface area contributed by atoms with Crippen LogP contribution in [0.4, 0.5) is 0 Å². The Morgan fingerprint density at radius 2 is 1.92 bits per heavy atom. The van der Waals surface area contributed by atoms with Crippen LogP contribution >= 0.6 is 0 Å². The molecule has 0 unspecified atom stereocenters. The van der Waals surface area contributed by atoms with Crippen molar-refractivity contribution in [3.8, 4) is 17.2 Å². The minimum absolute atomic E-state index is 0.0308. The maximum atomic E-state index is 12.4. The molecule has 1 amide bonds. The van der Waals surface area contributed by atoms with Crippen LogP contribution in [-0.2, 0) is 12.8 Å². The van der Waals surface area contributed by atoms with Crippen LogP contribution < -0.4 is 19.5 Å². The van der Waals surface area contributed by atoms with Gasteiger partial charge in [-0.3, -0.25) is 4.79 Å². The van der Waals surface area contributed by atoms with Gasteiger partial charge in [0.15, 0.2) is 11.5 Å². The first-order chi connectivity index (χ1) is 11.7. The second kappa shape index (κ2) is 6.07. The van der Waals surface area contributed by atoms with E-state index >= 15 is 0 Å². The van der Waals surface area contributed by atoms with Crippen molar-refractivity contribution >= 4 is 5.91 Å². The fourth-order valence-corrected chi connectivity index (χ4v) is 3.12. The van der Waals surface area contributed by atoms with Crippen molar-refractivity contribution in [2.75, 3.05) is 13.4 Å². The van der Waals surface area contributed by atoms with Gasteiger partial charge in [0.2, 0.25) is 6.79 Å². The van der Waals surface area contributed by atoms with Gasteiger partial charge in [0.1, 0.15) is 5.75 Å². The number of carbonyl (C=O) groups is 1. The molecule has 1 atom stereocenters. The van der Waals surface area contributed by atoms with Crippen LogP contribution in [0.25, 0.3) is 0 Å². The van der Waals surface area contributed by atoms with Gasteiger partial charge in [-0.15, -0.1) is 0 Å². The third-order valence-corrected chi connectivity index (χ3v) is 4.31. The van der Waals surface area contributed by atoms with E-state index in [0.717, 1.165) is 25.2 Å². The number of rotatable bonds is 4. The van der Waals surface area contributed by atoms with E-state index in [1.807, 2.05) is 13.0 Å². The molecule has 24 heavy (non-hydrogen) atoms. The predicted octanol–water partition coefficient (Wildman–Crippen LogP) is 2.71. The number of hydrogen-bond donors (Lipinski definition) is 1. The lowest BCUT2D eigenvalue weighted by Gasteiger charge is -2.15. The Hall–Kier alpha value is -2.69. The molecule has 2 aliphatic heterocycles. The molecule has 0 aliphatic carbocycles. The van der Waals surface area contributed by atoms with E-state index in [0.29, 0.717) is 17.1 Å². The summed E-state index contributed by atoms with van der Waals surface area (Å²) in [5.74, 6) is 2.18. The van der Waals surface area contributed by atoms with Crippen molar-refractivity contribution in [2.24, 2.45) is 0 Å². The summed E-state index contributed by atoms with van der Waals surface area (Å²) in [7, 11) is 0. The predicted molar refractivity (Wildman–Crippen MR) is 88.8 cm³/mol. The lowest BCUT2D eigenvalue weighted by molar-refractivity contribution is 0.0939. The molecule has 1 N–H and O–H groups in total. The van der Waals surface area contributed by atoms with Crippen molar-refractivity contribution in [2.45, 2.75) is 25.8 Å². The molecule has 2 aliphatic rings. The van der Waals surface area contributed by atoms with E-state index < -0.39 is 0 Å². The van der Waals surface area contributed by atoms with Crippen LogP contribution in [0, 0.1) is 0 Å². The fourth-order valence-electron chi connectivity index (χ4n) is 3.12. The molecule has 0 radical (unpaired) electrons. The second-order valence-corrected chi connectivity index (χ2v) is 6.19. The first kappa shape index (κ1) is 14.9. The Kier molecular flexibility index (Phi) is 3.76. The number of amides is 1. The molecule has 0 aromatic heterocycles. The summed E-state index contributed by atoms with van der Waals surface area (Å²) >= 11 is 0. The lowest BCUT2D eigenvalue weighted by Crippen LogP contribution is -2.34.